The van der Waals surface area contributed by atoms with Crippen LogP contribution < -0.4 is 10.1 Å². The zero-order valence-electron chi connectivity index (χ0n) is 14.1. The minimum atomic E-state index is -4.76. The first-order valence-corrected chi connectivity index (χ1v) is 8.03. The predicted octanol–water partition coefficient (Wildman–Crippen LogP) is 2.96. The van der Waals surface area contributed by atoms with Gasteiger partial charge in [-0.2, -0.15) is 0 Å². The van der Waals surface area contributed by atoms with Crippen molar-refractivity contribution in [2.24, 2.45) is 5.92 Å². The zero-order valence-corrected chi connectivity index (χ0v) is 14.1. The fourth-order valence-electron chi connectivity index (χ4n) is 2.99. The lowest BCUT2D eigenvalue weighted by molar-refractivity contribution is -0.274. The van der Waals surface area contributed by atoms with E-state index < -0.39 is 6.36 Å². The van der Waals surface area contributed by atoms with E-state index in [-0.39, 0.29) is 35.1 Å². The molecule has 1 saturated carbocycles. The van der Waals surface area contributed by atoms with Crippen molar-refractivity contribution >= 4 is 11.8 Å². The van der Waals surface area contributed by atoms with Crippen LogP contribution in [-0.2, 0) is 4.79 Å². The molecule has 25 heavy (non-hydrogen) atoms. The number of carbonyl (C=O) groups is 2. The Morgan fingerprint density at radius 2 is 1.80 bits per heavy atom. The van der Waals surface area contributed by atoms with Gasteiger partial charge in [-0.25, -0.2) is 0 Å². The van der Waals surface area contributed by atoms with Crippen LogP contribution in [0, 0.1) is 5.92 Å². The van der Waals surface area contributed by atoms with E-state index in [9.17, 15) is 22.8 Å². The molecule has 0 spiro atoms. The van der Waals surface area contributed by atoms with Crippen molar-refractivity contribution in [3.8, 4) is 5.75 Å². The molecule has 2 atom stereocenters. The summed E-state index contributed by atoms with van der Waals surface area (Å²) in [6.45, 7) is 0. The van der Waals surface area contributed by atoms with Crippen molar-refractivity contribution in [2.45, 2.75) is 38.1 Å². The molecule has 0 aromatic heterocycles. The van der Waals surface area contributed by atoms with Crippen molar-refractivity contribution in [3.05, 3.63) is 29.8 Å². The third-order valence-corrected chi connectivity index (χ3v) is 4.15. The molecule has 138 valence electrons. The normalized spacial score (nSPS) is 20.7. The van der Waals surface area contributed by atoms with Gasteiger partial charge in [-0.05, 0) is 43.5 Å². The van der Waals surface area contributed by atoms with Crippen LogP contribution in [0.3, 0.4) is 0 Å². The second kappa shape index (κ2) is 7.76. The van der Waals surface area contributed by atoms with Crippen molar-refractivity contribution in [2.75, 3.05) is 14.1 Å². The van der Waals surface area contributed by atoms with E-state index in [0.717, 1.165) is 31.4 Å². The van der Waals surface area contributed by atoms with Gasteiger partial charge in [0.05, 0.1) is 0 Å². The molecule has 1 aliphatic carbocycles. The first-order chi connectivity index (χ1) is 11.7. The van der Waals surface area contributed by atoms with Crippen molar-refractivity contribution in [1.82, 2.24) is 10.2 Å². The Labute approximate surface area is 144 Å². The van der Waals surface area contributed by atoms with Gasteiger partial charge in [0.15, 0.2) is 0 Å². The van der Waals surface area contributed by atoms with Crippen molar-refractivity contribution < 1.29 is 27.5 Å². The Hall–Kier alpha value is -2.25. The van der Waals surface area contributed by atoms with Crippen LogP contribution in [0.1, 0.15) is 36.0 Å². The highest BCUT2D eigenvalue weighted by Gasteiger charge is 2.31. The third kappa shape index (κ3) is 5.65. The highest BCUT2D eigenvalue weighted by molar-refractivity contribution is 5.94. The maximum atomic E-state index is 12.3. The number of ether oxygens (including phenoxy) is 1. The minimum Gasteiger partial charge on any atom is -0.406 e. The summed E-state index contributed by atoms with van der Waals surface area (Å²) in [5.74, 6) is -0.816. The monoisotopic (exact) mass is 358 g/mol. The molecule has 1 aromatic carbocycles. The fraction of sp³-hybridized carbons (Fsp3) is 0.529. The van der Waals surface area contributed by atoms with Crippen LogP contribution in [0.15, 0.2) is 24.3 Å². The van der Waals surface area contributed by atoms with E-state index in [4.69, 9.17) is 0 Å². The first kappa shape index (κ1) is 19.1. The smallest absolute Gasteiger partial charge is 0.406 e. The Balaban J connectivity index is 1.94. The average Bonchev–Trinajstić information content (AvgIpc) is 2.53. The van der Waals surface area contributed by atoms with Crippen LogP contribution in [0.25, 0.3) is 0 Å². The van der Waals surface area contributed by atoms with Crippen LogP contribution in [0.4, 0.5) is 13.2 Å². The fourth-order valence-corrected chi connectivity index (χ4v) is 2.99. The zero-order chi connectivity index (χ0) is 18.6. The summed E-state index contributed by atoms with van der Waals surface area (Å²) < 4.78 is 40.2. The van der Waals surface area contributed by atoms with Gasteiger partial charge in [-0.3, -0.25) is 9.59 Å². The van der Waals surface area contributed by atoms with E-state index in [1.54, 1.807) is 19.0 Å². The van der Waals surface area contributed by atoms with Crippen LogP contribution in [0.5, 0.6) is 5.75 Å². The lowest BCUT2D eigenvalue weighted by atomic mass is 9.84. The van der Waals surface area contributed by atoms with Crippen molar-refractivity contribution in [1.29, 1.82) is 0 Å². The highest BCUT2D eigenvalue weighted by Crippen LogP contribution is 2.26. The highest BCUT2D eigenvalue weighted by atomic mass is 19.4. The number of alkyl halides is 3. The van der Waals surface area contributed by atoms with Gasteiger partial charge in [-0.1, -0.05) is 6.42 Å². The topological polar surface area (TPSA) is 58.6 Å². The van der Waals surface area contributed by atoms with Gasteiger partial charge < -0.3 is 15.0 Å². The summed E-state index contributed by atoms with van der Waals surface area (Å²) >= 11 is 0. The molecule has 0 saturated heterocycles. The Kier molecular flexibility index (Phi) is 5.92. The molecule has 5 nitrogen and oxygen atoms in total. The summed E-state index contributed by atoms with van der Waals surface area (Å²) in [6.07, 6.45) is -1.78. The third-order valence-electron chi connectivity index (χ3n) is 4.15. The predicted molar refractivity (Wildman–Crippen MR) is 85.0 cm³/mol. The molecule has 1 aromatic rings. The van der Waals surface area contributed by atoms with Crippen molar-refractivity contribution in [3.63, 3.8) is 0 Å². The number of rotatable bonds is 4. The molecular weight excluding hydrogens is 337 g/mol. The maximum Gasteiger partial charge on any atom is 0.573 e. The number of hydrogen-bond acceptors (Lipinski definition) is 3. The van der Waals surface area contributed by atoms with Crippen LogP contribution >= 0.6 is 0 Å². The quantitative estimate of drug-likeness (QED) is 0.900. The van der Waals surface area contributed by atoms with Gasteiger partial charge in [0.25, 0.3) is 5.91 Å². The van der Waals surface area contributed by atoms with E-state index in [2.05, 4.69) is 10.1 Å². The summed E-state index contributed by atoms with van der Waals surface area (Å²) in [7, 11) is 3.41. The Morgan fingerprint density at radius 3 is 2.36 bits per heavy atom. The number of carbonyl (C=O) groups excluding carboxylic acids is 2. The van der Waals surface area contributed by atoms with Crippen LogP contribution in [0.2, 0.25) is 0 Å². The van der Waals surface area contributed by atoms with Gasteiger partial charge in [-0.15, -0.1) is 13.2 Å². The van der Waals surface area contributed by atoms with Gasteiger partial charge in [0.1, 0.15) is 5.75 Å². The summed E-state index contributed by atoms with van der Waals surface area (Å²) in [5, 5.41) is 2.85. The lowest BCUT2D eigenvalue weighted by Gasteiger charge is -2.30. The molecule has 2 unspecified atom stereocenters. The molecule has 8 heteroatoms. The molecule has 0 heterocycles. The number of benzene rings is 1. The molecular formula is C17H21F3N2O3. The Morgan fingerprint density at radius 1 is 1.16 bits per heavy atom. The number of hydrogen-bond donors (Lipinski definition) is 1. The molecule has 1 fully saturated rings. The number of nitrogens with one attached hydrogen (secondary N) is 1. The average molecular weight is 358 g/mol. The first-order valence-electron chi connectivity index (χ1n) is 8.03. The summed E-state index contributed by atoms with van der Waals surface area (Å²) in [5.41, 5.74) is 0.246. The molecule has 0 aliphatic heterocycles. The van der Waals surface area contributed by atoms with E-state index >= 15 is 0 Å². The molecule has 1 N–H and O–H groups in total. The molecule has 2 rings (SSSR count). The van der Waals surface area contributed by atoms with E-state index in [1.165, 1.54) is 12.1 Å². The van der Waals surface area contributed by atoms with E-state index in [0.29, 0.717) is 6.42 Å². The maximum absolute atomic E-state index is 12.3. The summed E-state index contributed by atoms with van der Waals surface area (Å²) in [6, 6.07) is 4.63. The molecule has 0 radical (unpaired) electrons. The number of halogens is 3. The van der Waals surface area contributed by atoms with Gasteiger partial charge >= 0.3 is 6.36 Å². The standard InChI is InChI=1S/C17H21F3N2O3/c1-22(2)16(24)12-4-3-5-13(10-12)21-15(23)11-6-8-14(9-7-11)25-17(18,19)20/h6-9,12-13H,3-5,10H2,1-2H3,(H,21,23). The number of amides is 2. The van der Waals surface area contributed by atoms with Crippen LogP contribution in [-0.4, -0.2) is 43.2 Å². The summed E-state index contributed by atoms with van der Waals surface area (Å²) in [4.78, 5) is 25.9. The lowest BCUT2D eigenvalue weighted by Crippen LogP contribution is -2.42. The largest absolute Gasteiger partial charge is 0.573 e. The molecule has 1 aliphatic rings. The van der Waals surface area contributed by atoms with Gasteiger partial charge in [0, 0.05) is 31.6 Å². The number of nitrogens with zero attached hydrogens (tertiary/aromatic N) is 1. The molecule has 0 bridgehead atoms. The minimum absolute atomic E-state index is 0.0487. The SMILES string of the molecule is CN(C)C(=O)C1CCCC(NC(=O)c2ccc(OC(F)(F)F)cc2)C1. The molecule has 2 amide bonds. The van der Waals surface area contributed by atoms with E-state index in [1.807, 2.05) is 0 Å². The second-order valence-corrected chi connectivity index (χ2v) is 6.34. The second-order valence-electron chi connectivity index (χ2n) is 6.34. The van der Waals surface area contributed by atoms with Gasteiger partial charge in [0.2, 0.25) is 5.91 Å². The Bertz CT molecular complexity index is 615.